The molecule has 2 aromatic carbocycles. The average Bonchev–Trinajstić information content (AvgIpc) is 3.11. The van der Waals surface area contributed by atoms with E-state index in [-0.39, 0.29) is 11.7 Å². The number of nitrogens with zero attached hydrogens (tertiary/aromatic N) is 2. The molecule has 0 radical (unpaired) electrons. The summed E-state index contributed by atoms with van der Waals surface area (Å²) in [5, 5.41) is 0. The van der Waals surface area contributed by atoms with Gasteiger partial charge in [-0.2, -0.15) is 0 Å². The van der Waals surface area contributed by atoms with E-state index in [1.807, 2.05) is 4.90 Å². The molecule has 5 heteroatoms. The van der Waals surface area contributed by atoms with Crippen molar-refractivity contribution in [2.75, 3.05) is 33.4 Å². The highest BCUT2D eigenvalue weighted by molar-refractivity contribution is 5.71. The Labute approximate surface area is 192 Å². The number of hydrogen-bond donors (Lipinski definition) is 0. The van der Waals surface area contributed by atoms with Crippen LogP contribution in [0.25, 0.3) is 11.1 Å². The number of ether oxygens (including phenoxy) is 2. The smallest absolute Gasteiger partial charge is 0.410 e. The Morgan fingerprint density at radius 3 is 2.41 bits per heavy atom. The standard InChI is InChI=1S/C27H36N2O3/c1-3-28(15-16-31-2)19-22-9-7-11-24(17-22)25-12-8-10-23(18-25)20-29-21-27(32-26(29)30)13-5-4-6-14-27/h7-12,17-18H,3-6,13-16,19-21H2,1-2H3. The zero-order chi connectivity index (χ0) is 22.4. The van der Waals surface area contributed by atoms with Crippen LogP contribution in [0.15, 0.2) is 48.5 Å². The van der Waals surface area contributed by atoms with Crippen molar-refractivity contribution in [2.45, 2.75) is 57.7 Å². The van der Waals surface area contributed by atoms with Gasteiger partial charge < -0.3 is 9.47 Å². The molecule has 2 aliphatic rings. The van der Waals surface area contributed by atoms with Crippen LogP contribution >= 0.6 is 0 Å². The first-order valence-corrected chi connectivity index (χ1v) is 12.0. The van der Waals surface area contributed by atoms with Crippen LogP contribution in [0.5, 0.6) is 0 Å². The second kappa shape index (κ2) is 10.5. The summed E-state index contributed by atoms with van der Waals surface area (Å²) in [4.78, 5) is 16.8. The zero-order valence-corrected chi connectivity index (χ0v) is 19.5. The molecule has 1 aliphatic heterocycles. The number of carbonyl (C=O) groups is 1. The third-order valence-corrected chi connectivity index (χ3v) is 6.83. The summed E-state index contributed by atoms with van der Waals surface area (Å²) in [5.41, 5.74) is 4.60. The fourth-order valence-corrected chi connectivity index (χ4v) is 5.02. The predicted octanol–water partition coefficient (Wildman–Crippen LogP) is 5.48. The van der Waals surface area contributed by atoms with Crippen LogP contribution in [-0.4, -0.2) is 54.8 Å². The van der Waals surface area contributed by atoms with E-state index < -0.39 is 0 Å². The lowest BCUT2D eigenvalue weighted by molar-refractivity contribution is 0.0260. The fraction of sp³-hybridized carbons (Fsp3) is 0.519. The summed E-state index contributed by atoms with van der Waals surface area (Å²) >= 11 is 0. The van der Waals surface area contributed by atoms with E-state index in [0.717, 1.165) is 64.0 Å². The summed E-state index contributed by atoms with van der Waals surface area (Å²) in [5.74, 6) is 0. The van der Waals surface area contributed by atoms with Gasteiger partial charge in [0.25, 0.3) is 0 Å². The molecule has 0 atom stereocenters. The summed E-state index contributed by atoms with van der Waals surface area (Å²) < 4.78 is 11.1. The molecule has 5 nitrogen and oxygen atoms in total. The van der Waals surface area contributed by atoms with Crippen molar-refractivity contribution in [2.24, 2.45) is 0 Å². The lowest BCUT2D eigenvalue weighted by Gasteiger charge is -2.30. The van der Waals surface area contributed by atoms with E-state index in [2.05, 4.69) is 60.4 Å². The van der Waals surface area contributed by atoms with E-state index in [9.17, 15) is 4.79 Å². The van der Waals surface area contributed by atoms with Crippen molar-refractivity contribution in [3.05, 3.63) is 59.7 Å². The number of hydrogen-bond acceptors (Lipinski definition) is 4. The van der Waals surface area contributed by atoms with Crippen molar-refractivity contribution < 1.29 is 14.3 Å². The highest BCUT2D eigenvalue weighted by Crippen LogP contribution is 2.37. The van der Waals surface area contributed by atoms with Crippen LogP contribution in [0.1, 0.15) is 50.2 Å². The number of carbonyl (C=O) groups excluding carboxylic acids is 1. The van der Waals surface area contributed by atoms with Crippen molar-refractivity contribution >= 4 is 6.09 Å². The zero-order valence-electron chi connectivity index (χ0n) is 19.5. The molecule has 32 heavy (non-hydrogen) atoms. The third kappa shape index (κ3) is 5.51. The second-order valence-electron chi connectivity index (χ2n) is 9.23. The molecule has 1 saturated carbocycles. The minimum absolute atomic E-state index is 0.157. The Morgan fingerprint density at radius 1 is 1.03 bits per heavy atom. The molecule has 4 rings (SSSR count). The number of benzene rings is 2. The fourth-order valence-electron chi connectivity index (χ4n) is 5.02. The molecule has 1 aliphatic carbocycles. The first-order valence-electron chi connectivity index (χ1n) is 12.0. The molecule has 0 aromatic heterocycles. The van der Waals surface area contributed by atoms with Gasteiger partial charge in [0.1, 0.15) is 5.60 Å². The topological polar surface area (TPSA) is 42.0 Å². The lowest BCUT2D eigenvalue weighted by atomic mass is 9.85. The molecule has 2 fully saturated rings. The van der Waals surface area contributed by atoms with Gasteiger partial charge in [0.05, 0.1) is 13.2 Å². The number of likely N-dealkylation sites (N-methyl/N-ethyl adjacent to an activating group) is 1. The minimum Gasteiger partial charge on any atom is -0.441 e. The van der Waals surface area contributed by atoms with E-state index in [1.165, 1.54) is 23.1 Å². The highest BCUT2D eigenvalue weighted by atomic mass is 16.6. The maximum atomic E-state index is 12.5. The maximum absolute atomic E-state index is 12.5. The number of rotatable bonds is 9. The predicted molar refractivity (Wildman–Crippen MR) is 127 cm³/mol. The Bertz CT molecular complexity index is 907. The number of amides is 1. The minimum atomic E-state index is -0.241. The summed E-state index contributed by atoms with van der Waals surface area (Å²) in [7, 11) is 1.75. The third-order valence-electron chi connectivity index (χ3n) is 6.83. The largest absolute Gasteiger partial charge is 0.441 e. The van der Waals surface area contributed by atoms with E-state index in [4.69, 9.17) is 9.47 Å². The molecular formula is C27H36N2O3. The van der Waals surface area contributed by atoms with Crippen molar-refractivity contribution in [3.63, 3.8) is 0 Å². The Balaban J connectivity index is 1.44. The summed E-state index contributed by atoms with van der Waals surface area (Å²) in [6.07, 6.45) is 5.42. The maximum Gasteiger partial charge on any atom is 0.410 e. The average molecular weight is 437 g/mol. The number of methoxy groups -OCH3 is 1. The van der Waals surface area contributed by atoms with Gasteiger partial charge >= 0.3 is 6.09 Å². The molecular weight excluding hydrogens is 400 g/mol. The van der Waals surface area contributed by atoms with Gasteiger partial charge in [0, 0.05) is 26.7 Å². The quantitative estimate of drug-likeness (QED) is 0.522. The normalized spacial score (nSPS) is 17.8. The molecule has 1 heterocycles. The Kier molecular flexibility index (Phi) is 7.48. The van der Waals surface area contributed by atoms with Crippen molar-refractivity contribution in [1.82, 2.24) is 9.80 Å². The summed E-state index contributed by atoms with van der Waals surface area (Å²) in [6, 6.07) is 17.3. The molecule has 1 amide bonds. The molecule has 172 valence electrons. The van der Waals surface area contributed by atoms with Crippen LogP contribution in [-0.2, 0) is 22.6 Å². The second-order valence-corrected chi connectivity index (χ2v) is 9.23. The van der Waals surface area contributed by atoms with Crippen LogP contribution < -0.4 is 0 Å². The van der Waals surface area contributed by atoms with Crippen molar-refractivity contribution in [3.8, 4) is 11.1 Å². The van der Waals surface area contributed by atoms with Gasteiger partial charge in [-0.05, 0) is 66.6 Å². The van der Waals surface area contributed by atoms with Crippen LogP contribution in [0.3, 0.4) is 0 Å². The van der Waals surface area contributed by atoms with Gasteiger partial charge in [0.2, 0.25) is 0 Å². The molecule has 1 spiro atoms. The Hall–Kier alpha value is -2.37. The molecule has 0 bridgehead atoms. The monoisotopic (exact) mass is 436 g/mol. The molecule has 0 N–H and O–H groups in total. The first-order chi connectivity index (χ1) is 15.6. The van der Waals surface area contributed by atoms with Gasteiger partial charge in [0.15, 0.2) is 0 Å². The first kappa shape index (κ1) is 22.8. The van der Waals surface area contributed by atoms with E-state index >= 15 is 0 Å². The van der Waals surface area contributed by atoms with Gasteiger partial charge in [-0.15, -0.1) is 0 Å². The molecule has 0 unspecified atom stereocenters. The highest BCUT2D eigenvalue weighted by Gasteiger charge is 2.45. The van der Waals surface area contributed by atoms with Crippen molar-refractivity contribution in [1.29, 1.82) is 0 Å². The van der Waals surface area contributed by atoms with Gasteiger partial charge in [-0.3, -0.25) is 9.80 Å². The van der Waals surface area contributed by atoms with Crippen LogP contribution in [0.2, 0.25) is 0 Å². The van der Waals surface area contributed by atoms with E-state index in [1.54, 1.807) is 7.11 Å². The van der Waals surface area contributed by atoms with Crippen LogP contribution in [0, 0.1) is 0 Å². The lowest BCUT2D eigenvalue weighted by Crippen LogP contribution is -2.36. The SMILES string of the molecule is CCN(CCOC)Cc1cccc(-c2cccc(CN3CC4(CCCCC4)OC3=O)c2)c1. The van der Waals surface area contributed by atoms with Gasteiger partial charge in [-0.1, -0.05) is 49.7 Å². The molecule has 1 saturated heterocycles. The van der Waals surface area contributed by atoms with Gasteiger partial charge in [-0.25, -0.2) is 4.79 Å². The summed E-state index contributed by atoms with van der Waals surface area (Å²) in [6.45, 7) is 7.10. The van der Waals surface area contributed by atoms with E-state index in [0.29, 0.717) is 6.54 Å². The molecule has 2 aromatic rings. The Morgan fingerprint density at radius 2 is 1.72 bits per heavy atom. The van der Waals surface area contributed by atoms with Crippen LogP contribution in [0.4, 0.5) is 4.79 Å².